The second kappa shape index (κ2) is 5.80. The summed E-state index contributed by atoms with van der Waals surface area (Å²) in [6.45, 7) is 7.60. The topological polar surface area (TPSA) is 59.1 Å². The minimum atomic E-state index is -3.06. The number of aromatic nitrogens is 1. The van der Waals surface area contributed by atoms with Crippen LogP contribution in [0.5, 0.6) is 0 Å². The van der Waals surface area contributed by atoms with E-state index in [4.69, 9.17) is 0 Å². The first-order valence-electron chi connectivity index (χ1n) is 6.10. The molecule has 0 aliphatic heterocycles. The molecule has 0 fully saturated rings. The summed E-state index contributed by atoms with van der Waals surface area (Å²) in [7, 11) is -3.06. The van der Waals surface area contributed by atoms with Gasteiger partial charge in [-0.2, -0.15) is 0 Å². The predicted molar refractivity (Wildman–Crippen MR) is 74.2 cm³/mol. The Kier molecular flexibility index (Phi) is 4.87. The van der Waals surface area contributed by atoms with Crippen molar-refractivity contribution in [1.82, 2.24) is 10.3 Å². The summed E-state index contributed by atoms with van der Waals surface area (Å²) >= 11 is 0. The summed E-state index contributed by atoms with van der Waals surface area (Å²) in [5, 5.41) is 3.19. The van der Waals surface area contributed by atoms with Crippen LogP contribution in [0.4, 0.5) is 0 Å². The summed E-state index contributed by atoms with van der Waals surface area (Å²) in [6.07, 6.45) is 1.74. The largest absolute Gasteiger partial charge is 0.308 e. The van der Waals surface area contributed by atoms with E-state index in [1.165, 1.54) is 0 Å². The highest BCUT2D eigenvalue weighted by Crippen LogP contribution is 2.15. The van der Waals surface area contributed by atoms with Crippen LogP contribution in [0.1, 0.15) is 39.4 Å². The molecule has 1 atom stereocenters. The zero-order valence-electron chi connectivity index (χ0n) is 11.5. The maximum atomic E-state index is 11.9. The molecular weight excluding hydrogens is 248 g/mol. The van der Waals surface area contributed by atoms with Gasteiger partial charge in [-0.05, 0) is 39.8 Å². The van der Waals surface area contributed by atoms with Crippen LogP contribution < -0.4 is 5.32 Å². The quantitative estimate of drug-likeness (QED) is 0.888. The molecule has 1 N–H and O–H groups in total. The van der Waals surface area contributed by atoms with Crippen molar-refractivity contribution in [3.05, 3.63) is 30.1 Å². The Bertz CT molecular complexity index is 464. The highest BCUT2D eigenvalue weighted by atomic mass is 32.2. The van der Waals surface area contributed by atoms with E-state index < -0.39 is 14.6 Å². The van der Waals surface area contributed by atoms with Crippen molar-refractivity contribution in [2.75, 3.05) is 12.3 Å². The Morgan fingerprint density at radius 2 is 2.00 bits per heavy atom. The van der Waals surface area contributed by atoms with Gasteiger partial charge in [0, 0.05) is 18.8 Å². The molecule has 0 aliphatic carbocycles. The number of hydrogen-bond acceptors (Lipinski definition) is 4. The van der Waals surface area contributed by atoms with E-state index in [1.54, 1.807) is 27.0 Å². The molecule has 0 saturated heterocycles. The molecule has 0 spiro atoms. The van der Waals surface area contributed by atoms with Gasteiger partial charge in [0.05, 0.1) is 16.2 Å². The Balaban J connectivity index is 2.49. The lowest BCUT2D eigenvalue weighted by Crippen LogP contribution is -2.35. The second-order valence-corrected chi connectivity index (χ2v) is 8.22. The maximum absolute atomic E-state index is 11.9. The Labute approximate surface area is 110 Å². The summed E-state index contributed by atoms with van der Waals surface area (Å²) in [5.74, 6) is 0.147. The van der Waals surface area contributed by atoms with E-state index in [0.29, 0.717) is 6.54 Å². The number of pyridine rings is 1. The van der Waals surface area contributed by atoms with Gasteiger partial charge in [0.15, 0.2) is 9.84 Å². The van der Waals surface area contributed by atoms with Crippen molar-refractivity contribution in [2.24, 2.45) is 0 Å². The third-order valence-electron chi connectivity index (χ3n) is 2.89. The molecule has 4 nitrogen and oxygen atoms in total. The van der Waals surface area contributed by atoms with E-state index in [1.807, 2.05) is 25.1 Å². The Morgan fingerprint density at radius 3 is 2.50 bits per heavy atom. The van der Waals surface area contributed by atoms with Gasteiger partial charge in [0.25, 0.3) is 0 Å². The highest BCUT2D eigenvalue weighted by molar-refractivity contribution is 7.92. The first-order chi connectivity index (χ1) is 8.24. The molecule has 5 heteroatoms. The molecule has 0 radical (unpaired) electrons. The van der Waals surface area contributed by atoms with Gasteiger partial charge >= 0.3 is 0 Å². The Hall–Kier alpha value is -0.940. The molecule has 0 unspecified atom stereocenters. The van der Waals surface area contributed by atoms with Gasteiger partial charge in [-0.15, -0.1) is 0 Å². The molecule has 0 amide bonds. The first kappa shape index (κ1) is 15.1. The monoisotopic (exact) mass is 270 g/mol. The SMILES string of the molecule is C[C@H](NCCS(=O)(=O)C(C)(C)C)c1ccccn1. The fraction of sp³-hybridized carbons (Fsp3) is 0.615. The minimum Gasteiger partial charge on any atom is -0.308 e. The van der Waals surface area contributed by atoms with Crippen molar-refractivity contribution >= 4 is 9.84 Å². The average Bonchev–Trinajstić information content (AvgIpc) is 2.28. The number of nitrogens with one attached hydrogen (secondary N) is 1. The Morgan fingerprint density at radius 1 is 1.33 bits per heavy atom. The van der Waals surface area contributed by atoms with Crippen LogP contribution in [0.3, 0.4) is 0 Å². The van der Waals surface area contributed by atoms with E-state index in [0.717, 1.165) is 5.69 Å². The fourth-order valence-corrected chi connectivity index (χ4v) is 2.45. The minimum absolute atomic E-state index is 0.0568. The lowest BCUT2D eigenvalue weighted by atomic mass is 10.2. The van der Waals surface area contributed by atoms with E-state index in [-0.39, 0.29) is 11.8 Å². The van der Waals surface area contributed by atoms with Crippen molar-refractivity contribution in [3.8, 4) is 0 Å². The summed E-state index contributed by atoms with van der Waals surface area (Å²) in [5.41, 5.74) is 0.922. The van der Waals surface area contributed by atoms with Gasteiger partial charge in [0.2, 0.25) is 0 Å². The van der Waals surface area contributed by atoms with E-state index in [2.05, 4.69) is 10.3 Å². The number of nitrogens with zero attached hydrogens (tertiary/aromatic N) is 1. The summed E-state index contributed by atoms with van der Waals surface area (Å²) in [6, 6.07) is 5.77. The molecule has 1 aromatic rings. The van der Waals surface area contributed by atoms with Crippen LogP contribution in [-0.4, -0.2) is 30.4 Å². The van der Waals surface area contributed by atoms with Gasteiger partial charge < -0.3 is 5.32 Å². The first-order valence-corrected chi connectivity index (χ1v) is 7.76. The van der Waals surface area contributed by atoms with Crippen LogP contribution in [0.2, 0.25) is 0 Å². The van der Waals surface area contributed by atoms with Crippen LogP contribution in [0, 0.1) is 0 Å². The lowest BCUT2D eigenvalue weighted by Gasteiger charge is -2.20. The zero-order chi connectivity index (χ0) is 13.8. The number of hydrogen-bond donors (Lipinski definition) is 1. The maximum Gasteiger partial charge on any atom is 0.156 e. The third-order valence-corrected chi connectivity index (χ3v) is 5.49. The van der Waals surface area contributed by atoms with Gasteiger partial charge in [-0.3, -0.25) is 4.98 Å². The number of rotatable bonds is 5. The van der Waals surface area contributed by atoms with Crippen molar-refractivity contribution < 1.29 is 8.42 Å². The smallest absolute Gasteiger partial charge is 0.156 e. The van der Waals surface area contributed by atoms with E-state index in [9.17, 15) is 8.42 Å². The van der Waals surface area contributed by atoms with Gasteiger partial charge in [-0.25, -0.2) is 8.42 Å². The molecule has 0 saturated carbocycles. The lowest BCUT2D eigenvalue weighted by molar-refractivity contribution is 0.543. The van der Waals surface area contributed by atoms with Crippen LogP contribution >= 0.6 is 0 Å². The molecule has 1 aromatic heterocycles. The van der Waals surface area contributed by atoms with Crippen molar-refractivity contribution in [2.45, 2.75) is 38.5 Å². The van der Waals surface area contributed by atoms with Gasteiger partial charge in [0.1, 0.15) is 0 Å². The summed E-state index contributed by atoms with van der Waals surface area (Å²) in [4.78, 5) is 4.23. The molecule has 0 bridgehead atoms. The molecule has 1 rings (SSSR count). The van der Waals surface area contributed by atoms with Crippen molar-refractivity contribution in [1.29, 1.82) is 0 Å². The third kappa shape index (κ3) is 4.07. The second-order valence-electron chi connectivity index (χ2n) is 5.36. The number of sulfone groups is 1. The summed E-state index contributed by atoms with van der Waals surface area (Å²) < 4.78 is 23.1. The average molecular weight is 270 g/mol. The van der Waals surface area contributed by atoms with Crippen LogP contribution in [0.25, 0.3) is 0 Å². The predicted octanol–water partition coefficient (Wildman–Crippen LogP) is 1.95. The molecule has 1 heterocycles. The fourth-order valence-electron chi connectivity index (χ4n) is 1.45. The molecule has 102 valence electrons. The molecule has 0 aliphatic rings. The molecule has 0 aromatic carbocycles. The van der Waals surface area contributed by atoms with Crippen molar-refractivity contribution in [3.63, 3.8) is 0 Å². The molecular formula is C13H22N2O2S. The molecule has 18 heavy (non-hydrogen) atoms. The van der Waals surface area contributed by atoms with E-state index >= 15 is 0 Å². The highest BCUT2D eigenvalue weighted by Gasteiger charge is 2.28. The van der Waals surface area contributed by atoms with Crippen LogP contribution in [-0.2, 0) is 9.84 Å². The normalized spacial score (nSPS) is 14.4. The van der Waals surface area contributed by atoms with Gasteiger partial charge in [-0.1, -0.05) is 6.07 Å². The standard InChI is InChI=1S/C13H22N2O2S/c1-11(12-7-5-6-8-15-12)14-9-10-18(16,17)13(2,3)4/h5-8,11,14H,9-10H2,1-4H3/t11-/m0/s1. The van der Waals surface area contributed by atoms with Crippen LogP contribution in [0.15, 0.2) is 24.4 Å². The zero-order valence-corrected chi connectivity index (χ0v) is 12.3.